The van der Waals surface area contributed by atoms with Crippen LogP contribution in [0.4, 0.5) is 10.1 Å². The van der Waals surface area contributed by atoms with Gasteiger partial charge in [0.15, 0.2) is 0 Å². The second-order valence-electron chi connectivity index (χ2n) is 5.71. The summed E-state index contributed by atoms with van der Waals surface area (Å²) in [5.41, 5.74) is 1.31. The first-order chi connectivity index (χ1) is 13.7. The fourth-order valence-electron chi connectivity index (χ4n) is 2.31. The summed E-state index contributed by atoms with van der Waals surface area (Å²) in [4.78, 5) is 27.8. The van der Waals surface area contributed by atoms with Crippen LogP contribution < -0.4 is 5.23 Å². The molecule has 0 bridgehead atoms. The highest BCUT2D eigenvalue weighted by atomic mass is 19.1. The molecule has 0 aromatic heterocycles. The van der Waals surface area contributed by atoms with Gasteiger partial charge in [-0.3, -0.25) is 0 Å². The van der Waals surface area contributed by atoms with E-state index in [1.54, 1.807) is 25.3 Å². The number of esters is 1. The number of benzene rings is 2. The van der Waals surface area contributed by atoms with Gasteiger partial charge >= 0.3 is 5.97 Å². The number of ether oxygens (including phenoxy) is 3. The fraction of sp³-hybridized carbons (Fsp3) is 0.316. The largest absolute Gasteiger partial charge is 0.460 e. The van der Waals surface area contributed by atoms with E-state index < -0.39 is 12.3 Å². The Hall–Kier alpha value is -2.56. The minimum absolute atomic E-state index is 0.124. The molecule has 150 valence electrons. The SMILES string of the molecule is COCCOCCOC(=O)c1cccc(N2OOC(c3ccc(F)cc3)O2)c1. The van der Waals surface area contributed by atoms with E-state index in [0.29, 0.717) is 30.0 Å². The first-order valence-electron chi connectivity index (χ1n) is 8.57. The minimum Gasteiger partial charge on any atom is -0.460 e. The molecule has 1 saturated heterocycles. The molecule has 1 heterocycles. The summed E-state index contributed by atoms with van der Waals surface area (Å²) >= 11 is 0. The quantitative estimate of drug-likeness (QED) is 0.366. The summed E-state index contributed by atoms with van der Waals surface area (Å²) in [5.74, 6) is -0.873. The van der Waals surface area contributed by atoms with Crippen LogP contribution >= 0.6 is 0 Å². The molecule has 1 atom stereocenters. The zero-order chi connectivity index (χ0) is 19.8. The van der Waals surface area contributed by atoms with Gasteiger partial charge in [-0.2, -0.15) is 4.89 Å². The second kappa shape index (κ2) is 10.1. The van der Waals surface area contributed by atoms with Crippen LogP contribution in [0.5, 0.6) is 0 Å². The summed E-state index contributed by atoms with van der Waals surface area (Å²) in [6.45, 7) is 1.31. The monoisotopic (exact) mass is 393 g/mol. The van der Waals surface area contributed by atoms with Gasteiger partial charge in [-0.05, 0) is 30.3 Å². The molecule has 9 heteroatoms. The van der Waals surface area contributed by atoms with Crippen LogP contribution in [-0.4, -0.2) is 39.5 Å². The number of rotatable bonds is 9. The maximum Gasteiger partial charge on any atom is 0.338 e. The Bertz CT molecular complexity index is 771. The van der Waals surface area contributed by atoms with Crippen molar-refractivity contribution >= 4 is 11.7 Å². The standard InChI is InChI=1S/C19H20FNO7/c1-23-9-10-24-11-12-25-18(22)15-3-2-4-17(13-15)21-26-19(27-28-21)14-5-7-16(20)8-6-14/h2-8,13,19H,9-12H2,1H3. The minimum atomic E-state index is -0.861. The predicted octanol–water partition coefficient (Wildman–Crippen LogP) is 2.96. The molecule has 2 aromatic carbocycles. The lowest BCUT2D eigenvalue weighted by Gasteiger charge is -2.13. The van der Waals surface area contributed by atoms with Gasteiger partial charge in [0.05, 0.1) is 31.1 Å². The van der Waals surface area contributed by atoms with Crippen LogP contribution in [0.1, 0.15) is 22.2 Å². The van der Waals surface area contributed by atoms with E-state index >= 15 is 0 Å². The van der Waals surface area contributed by atoms with Crippen molar-refractivity contribution in [3.63, 3.8) is 0 Å². The third kappa shape index (κ3) is 5.47. The average Bonchev–Trinajstić information content (AvgIpc) is 3.21. The number of nitrogens with zero attached hydrogens (tertiary/aromatic N) is 1. The highest BCUT2D eigenvalue weighted by molar-refractivity contribution is 5.90. The lowest BCUT2D eigenvalue weighted by molar-refractivity contribution is -0.286. The Labute approximate surface area is 161 Å². The Morgan fingerprint density at radius 3 is 2.68 bits per heavy atom. The molecule has 0 amide bonds. The lowest BCUT2D eigenvalue weighted by Crippen LogP contribution is -2.16. The molecule has 0 saturated carbocycles. The summed E-state index contributed by atoms with van der Waals surface area (Å²) in [6, 6.07) is 12.1. The Kier molecular flexibility index (Phi) is 7.29. The molecular formula is C19H20FNO7. The van der Waals surface area contributed by atoms with Gasteiger partial charge in [-0.15, -0.1) is 0 Å². The van der Waals surface area contributed by atoms with E-state index in [9.17, 15) is 9.18 Å². The maximum absolute atomic E-state index is 13.0. The van der Waals surface area contributed by atoms with Gasteiger partial charge in [0.1, 0.15) is 12.4 Å². The van der Waals surface area contributed by atoms with Crippen LogP contribution in [-0.2, 0) is 28.9 Å². The Morgan fingerprint density at radius 1 is 1.11 bits per heavy atom. The number of carbonyl (C=O) groups excluding carboxylic acids is 1. The summed E-state index contributed by atoms with van der Waals surface area (Å²) < 4.78 is 28.3. The molecule has 1 aliphatic heterocycles. The molecule has 2 aromatic rings. The number of carbonyl (C=O) groups is 1. The van der Waals surface area contributed by atoms with E-state index in [1.807, 2.05) is 0 Å². The third-order valence-electron chi connectivity index (χ3n) is 3.72. The van der Waals surface area contributed by atoms with Crippen molar-refractivity contribution in [2.45, 2.75) is 6.29 Å². The number of halogens is 1. The maximum atomic E-state index is 13.0. The molecule has 1 unspecified atom stereocenters. The highest BCUT2D eigenvalue weighted by Gasteiger charge is 2.29. The Morgan fingerprint density at radius 2 is 1.89 bits per heavy atom. The number of hydrogen-bond donors (Lipinski definition) is 0. The first kappa shape index (κ1) is 20.2. The molecule has 3 rings (SSSR count). The van der Waals surface area contributed by atoms with Crippen LogP contribution in [0.15, 0.2) is 48.5 Å². The van der Waals surface area contributed by atoms with Crippen molar-refractivity contribution in [1.29, 1.82) is 0 Å². The van der Waals surface area contributed by atoms with Gasteiger partial charge < -0.3 is 14.2 Å². The fourth-order valence-corrected chi connectivity index (χ4v) is 2.31. The van der Waals surface area contributed by atoms with Crippen LogP contribution in [0.3, 0.4) is 0 Å². The van der Waals surface area contributed by atoms with E-state index in [2.05, 4.69) is 0 Å². The van der Waals surface area contributed by atoms with E-state index in [0.717, 1.165) is 5.23 Å². The van der Waals surface area contributed by atoms with Gasteiger partial charge in [0.25, 0.3) is 0 Å². The van der Waals surface area contributed by atoms with Gasteiger partial charge in [0.2, 0.25) is 6.29 Å². The average molecular weight is 393 g/mol. The van der Waals surface area contributed by atoms with Crippen LogP contribution in [0.25, 0.3) is 0 Å². The van der Waals surface area contributed by atoms with Crippen LogP contribution in [0, 0.1) is 5.82 Å². The van der Waals surface area contributed by atoms with Gasteiger partial charge in [-0.25, -0.2) is 14.0 Å². The van der Waals surface area contributed by atoms with E-state index in [4.69, 9.17) is 28.9 Å². The van der Waals surface area contributed by atoms with Gasteiger partial charge in [0, 0.05) is 12.7 Å². The smallest absolute Gasteiger partial charge is 0.338 e. The number of methoxy groups -OCH3 is 1. The van der Waals surface area contributed by atoms with Crippen molar-refractivity contribution in [3.05, 3.63) is 65.5 Å². The lowest BCUT2D eigenvalue weighted by atomic mass is 10.2. The molecule has 0 spiro atoms. The molecular weight excluding hydrogens is 373 g/mol. The first-order valence-corrected chi connectivity index (χ1v) is 8.57. The molecule has 0 radical (unpaired) electrons. The van der Waals surface area contributed by atoms with Gasteiger partial charge in [-0.1, -0.05) is 28.4 Å². The molecule has 0 N–H and O–H groups in total. The third-order valence-corrected chi connectivity index (χ3v) is 3.72. The zero-order valence-corrected chi connectivity index (χ0v) is 15.2. The predicted molar refractivity (Wildman–Crippen MR) is 94.3 cm³/mol. The topological polar surface area (TPSA) is 75.7 Å². The van der Waals surface area contributed by atoms with Crippen molar-refractivity contribution < 1.29 is 38.1 Å². The zero-order valence-electron chi connectivity index (χ0n) is 15.2. The van der Waals surface area contributed by atoms with Crippen molar-refractivity contribution in [2.75, 3.05) is 38.8 Å². The van der Waals surface area contributed by atoms with Crippen molar-refractivity contribution in [3.8, 4) is 0 Å². The number of anilines is 1. The molecule has 1 aliphatic rings. The molecule has 8 nitrogen and oxygen atoms in total. The molecule has 1 fully saturated rings. The van der Waals surface area contributed by atoms with E-state index in [1.165, 1.54) is 30.3 Å². The molecule has 28 heavy (non-hydrogen) atoms. The normalized spacial score (nSPS) is 16.4. The Balaban J connectivity index is 1.53. The summed E-state index contributed by atoms with van der Waals surface area (Å²) in [6.07, 6.45) is -0.861. The van der Waals surface area contributed by atoms with Crippen molar-refractivity contribution in [1.82, 2.24) is 0 Å². The number of hydrogen-bond acceptors (Lipinski definition) is 8. The second-order valence-corrected chi connectivity index (χ2v) is 5.71. The summed E-state index contributed by atoms with van der Waals surface area (Å²) in [7, 11) is 1.58. The van der Waals surface area contributed by atoms with E-state index in [-0.39, 0.29) is 19.0 Å². The van der Waals surface area contributed by atoms with Crippen molar-refractivity contribution in [2.24, 2.45) is 0 Å². The molecule has 0 aliphatic carbocycles. The van der Waals surface area contributed by atoms with Crippen LogP contribution in [0.2, 0.25) is 0 Å². The summed E-state index contributed by atoms with van der Waals surface area (Å²) in [5, 5.41) is 1.03. The highest BCUT2D eigenvalue weighted by Crippen LogP contribution is 2.31.